The van der Waals surface area contributed by atoms with Crippen molar-refractivity contribution in [3.05, 3.63) is 59.9 Å². The Kier molecular flexibility index (Phi) is 3.37. The second-order valence-corrected chi connectivity index (χ2v) is 3.80. The SMILES string of the molecule is Cc1ccncc1C(C#N)Nc1ccccc1. The number of nitriles is 1. The summed E-state index contributed by atoms with van der Waals surface area (Å²) in [6.07, 6.45) is 3.47. The van der Waals surface area contributed by atoms with Crippen molar-refractivity contribution >= 4 is 5.69 Å². The van der Waals surface area contributed by atoms with E-state index in [0.717, 1.165) is 16.8 Å². The van der Waals surface area contributed by atoms with E-state index in [1.165, 1.54) is 0 Å². The van der Waals surface area contributed by atoms with Gasteiger partial charge in [0.15, 0.2) is 0 Å². The Labute approximate surface area is 101 Å². The summed E-state index contributed by atoms with van der Waals surface area (Å²) in [4.78, 5) is 4.06. The molecule has 3 heteroatoms. The van der Waals surface area contributed by atoms with E-state index >= 15 is 0 Å². The van der Waals surface area contributed by atoms with Crippen molar-refractivity contribution < 1.29 is 0 Å². The van der Waals surface area contributed by atoms with Crippen molar-refractivity contribution in [2.75, 3.05) is 5.32 Å². The Hall–Kier alpha value is -2.34. The van der Waals surface area contributed by atoms with Gasteiger partial charge in [0.25, 0.3) is 0 Å². The normalized spacial score (nSPS) is 11.5. The summed E-state index contributed by atoms with van der Waals surface area (Å²) in [5.41, 5.74) is 2.91. The fourth-order valence-electron chi connectivity index (χ4n) is 1.66. The summed E-state index contributed by atoms with van der Waals surface area (Å²) < 4.78 is 0. The number of pyridine rings is 1. The maximum Gasteiger partial charge on any atom is 0.142 e. The average molecular weight is 223 g/mol. The van der Waals surface area contributed by atoms with Gasteiger partial charge in [-0.3, -0.25) is 4.98 Å². The Bertz CT molecular complexity index is 529. The third-order valence-electron chi connectivity index (χ3n) is 2.60. The first-order valence-corrected chi connectivity index (χ1v) is 5.43. The van der Waals surface area contributed by atoms with Crippen LogP contribution in [0.25, 0.3) is 0 Å². The van der Waals surface area contributed by atoms with Gasteiger partial charge in [0.05, 0.1) is 6.07 Å². The van der Waals surface area contributed by atoms with Crippen LogP contribution < -0.4 is 5.32 Å². The number of anilines is 1. The summed E-state index contributed by atoms with van der Waals surface area (Å²) in [5, 5.41) is 12.4. The number of hydrogen-bond acceptors (Lipinski definition) is 3. The van der Waals surface area contributed by atoms with Crippen LogP contribution in [0.5, 0.6) is 0 Å². The highest BCUT2D eigenvalue weighted by atomic mass is 14.9. The summed E-state index contributed by atoms with van der Waals surface area (Å²) in [6.45, 7) is 1.98. The van der Waals surface area contributed by atoms with Crippen LogP contribution in [0, 0.1) is 18.3 Å². The first-order chi connectivity index (χ1) is 8.31. The zero-order valence-corrected chi connectivity index (χ0v) is 9.59. The average Bonchev–Trinajstić information content (AvgIpc) is 2.38. The van der Waals surface area contributed by atoms with E-state index in [-0.39, 0.29) is 6.04 Å². The molecule has 0 radical (unpaired) electrons. The van der Waals surface area contributed by atoms with Gasteiger partial charge in [0.1, 0.15) is 6.04 Å². The predicted molar refractivity (Wildman–Crippen MR) is 67.4 cm³/mol. The zero-order valence-electron chi connectivity index (χ0n) is 9.59. The van der Waals surface area contributed by atoms with Crippen molar-refractivity contribution in [3.63, 3.8) is 0 Å². The number of para-hydroxylation sites is 1. The topological polar surface area (TPSA) is 48.7 Å². The van der Waals surface area contributed by atoms with Crippen molar-refractivity contribution in [1.29, 1.82) is 5.26 Å². The van der Waals surface area contributed by atoms with Gasteiger partial charge in [-0.1, -0.05) is 18.2 Å². The Morgan fingerprint density at radius 2 is 2.00 bits per heavy atom. The van der Waals surface area contributed by atoms with E-state index < -0.39 is 0 Å². The number of benzene rings is 1. The number of nitrogens with one attached hydrogen (secondary N) is 1. The van der Waals surface area contributed by atoms with Crippen molar-refractivity contribution in [2.24, 2.45) is 0 Å². The monoisotopic (exact) mass is 223 g/mol. The number of rotatable bonds is 3. The highest BCUT2D eigenvalue weighted by molar-refractivity contribution is 5.47. The molecule has 1 heterocycles. The van der Waals surface area contributed by atoms with E-state index in [1.54, 1.807) is 12.4 Å². The molecule has 84 valence electrons. The highest BCUT2D eigenvalue weighted by Crippen LogP contribution is 2.20. The lowest BCUT2D eigenvalue weighted by Crippen LogP contribution is -2.10. The molecule has 1 N–H and O–H groups in total. The summed E-state index contributed by atoms with van der Waals surface area (Å²) >= 11 is 0. The molecule has 2 aromatic rings. The van der Waals surface area contributed by atoms with Crippen LogP contribution in [0.2, 0.25) is 0 Å². The lowest BCUT2D eigenvalue weighted by Gasteiger charge is -2.14. The minimum atomic E-state index is -0.369. The summed E-state index contributed by atoms with van der Waals surface area (Å²) in [7, 11) is 0. The molecule has 1 atom stereocenters. The highest BCUT2D eigenvalue weighted by Gasteiger charge is 2.12. The molecule has 2 rings (SSSR count). The lowest BCUT2D eigenvalue weighted by atomic mass is 10.0. The molecular weight excluding hydrogens is 210 g/mol. The third-order valence-corrected chi connectivity index (χ3v) is 2.60. The molecule has 0 fully saturated rings. The number of hydrogen-bond donors (Lipinski definition) is 1. The van der Waals surface area contributed by atoms with Crippen LogP contribution >= 0.6 is 0 Å². The van der Waals surface area contributed by atoms with E-state index in [1.807, 2.05) is 43.3 Å². The standard InChI is InChI=1S/C14H13N3/c1-11-7-8-16-10-13(11)14(9-15)17-12-5-3-2-4-6-12/h2-8,10,14,17H,1H3. The van der Waals surface area contributed by atoms with Crippen molar-refractivity contribution in [1.82, 2.24) is 4.98 Å². The van der Waals surface area contributed by atoms with Crippen LogP contribution in [0.15, 0.2) is 48.8 Å². The van der Waals surface area contributed by atoms with Gasteiger partial charge in [-0.25, -0.2) is 0 Å². The van der Waals surface area contributed by atoms with Gasteiger partial charge in [-0.15, -0.1) is 0 Å². The molecule has 0 spiro atoms. The fraction of sp³-hybridized carbons (Fsp3) is 0.143. The maximum absolute atomic E-state index is 9.22. The molecular formula is C14H13N3. The van der Waals surface area contributed by atoms with E-state index in [9.17, 15) is 5.26 Å². The summed E-state index contributed by atoms with van der Waals surface area (Å²) in [5.74, 6) is 0. The molecule has 0 aliphatic heterocycles. The van der Waals surface area contributed by atoms with Crippen molar-refractivity contribution in [3.8, 4) is 6.07 Å². The third kappa shape index (κ3) is 2.61. The summed E-state index contributed by atoms with van der Waals surface area (Å²) in [6, 6.07) is 13.5. The minimum absolute atomic E-state index is 0.369. The predicted octanol–water partition coefficient (Wildman–Crippen LogP) is 3.07. The Morgan fingerprint density at radius 3 is 2.65 bits per heavy atom. The van der Waals surface area contributed by atoms with Crippen LogP contribution in [0.1, 0.15) is 17.2 Å². The van der Waals surface area contributed by atoms with Gasteiger partial charge < -0.3 is 5.32 Å². The van der Waals surface area contributed by atoms with Crippen LogP contribution in [0.3, 0.4) is 0 Å². The fourth-order valence-corrected chi connectivity index (χ4v) is 1.66. The second kappa shape index (κ2) is 5.13. The van der Waals surface area contributed by atoms with E-state index in [4.69, 9.17) is 0 Å². The molecule has 0 bridgehead atoms. The van der Waals surface area contributed by atoms with Crippen molar-refractivity contribution in [2.45, 2.75) is 13.0 Å². The van der Waals surface area contributed by atoms with E-state index in [0.29, 0.717) is 0 Å². The molecule has 17 heavy (non-hydrogen) atoms. The van der Waals surface area contributed by atoms with E-state index in [2.05, 4.69) is 16.4 Å². The largest absolute Gasteiger partial charge is 0.366 e. The number of nitrogens with zero attached hydrogens (tertiary/aromatic N) is 2. The molecule has 1 aromatic carbocycles. The van der Waals surface area contributed by atoms with Gasteiger partial charge in [0.2, 0.25) is 0 Å². The van der Waals surface area contributed by atoms with Crippen LogP contribution in [0.4, 0.5) is 5.69 Å². The van der Waals surface area contributed by atoms with Crippen LogP contribution in [-0.4, -0.2) is 4.98 Å². The quantitative estimate of drug-likeness (QED) is 0.869. The first-order valence-electron chi connectivity index (χ1n) is 5.43. The number of aromatic nitrogens is 1. The number of aryl methyl sites for hydroxylation is 1. The first kappa shape index (κ1) is 11.2. The molecule has 0 aliphatic carbocycles. The Morgan fingerprint density at radius 1 is 1.24 bits per heavy atom. The smallest absolute Gasteiger partial charge is 0.142 e. The van der Waals surface area contributed by atoms with Gasteiger partial charge >= 0.3 is 0 Å². The van der Waals surface area contributed by atoms with Gasteiger partial charge in [-0.05, 0) is 30.7 Å². The molecule has 0 aliphatic rings. The molecule has 1 unspecified atom stereocenters. The zero-order chi connectivity index (χ0) is 12.1. The van der Waals surface area contributed by atoms with Gasteiger partial charge in [0, 0.05) is 23.6 Å². The molecule has 0 amide bonds. The molecule has 1 aromatic heterocycles. The maximum atomic E-state index is 9.22. The van der Waals surface area contributed by atoms with Crippen LogP contribution in [-0.2, 0) is 0 Å². The Balaban J connectivity index is 2.25. The lowest BCUT2D eigenvalue weighted by molar-refractivity contribution is 0.965. The molecule has 0 saturated carbocycles. The molecule has 0 saturated heterocycles. The molecule has 3 nitrogen and oxygen atoms in total. The second-order valence-electron chi connectivity index (χ2n) is 3.80. The van der Waals surface area contributed by atoms with Gasteiger partial charge in [-0.2, -0.15) is 5.26 Å². The minimum Gasteiger partial charge on any atom is -0.366 e.